The Balaban J connectivity index is 2.27. The van der Waals surface area contributed by atoms with Crippen molar-refractivity contribution in [2.24, 2.45) is 5.73 Å². The lowest BCUT2D eigenvalue weighted by Crippen LogP contribution is -2.50. The fraction of sp³-hybridized carbons (Fsp3) is 0.381. The Kier molecular flexibility index (Phi) is 6.62. The molecule has 1 aliphatic rings. The van der Waals surface area contributed by atoms with Gasteiger partial charge in [0.15, 0.2) is 0 Å². The zero-order valence-corrected chi connectivity index (χ0v) is 21.3. The maximum absolute atomic E-state index is 13.5. The van der Waals surface area contributed by atoms with Crippen LogP contribution in [0.25, 0.3) is 0 Å². The van der Waals surface area contributed by atoms with Gasteiger partial charge in [-0.1, -0.05) is 22.8 Å². The third-order valence-corrected chi connectivity index (χ3v) is 9.38. The molecule has 0 radical (unpaired) electrons. The quantitative estimate of drug-likeness (QED) is 0.441. The number of nitrogens with one attached hydrogen (secondary N) is 1. The number of benzene rings is 1. The molecule has 2 unspecified atom stereocenters. The zero-order chi connectivity index (χ0) is 24.9. The molecule has 0 spiro atoms. The normalized spacial score (nSPS) is 20.2. The Bertz CT molecular complexity index is 1300. The van der Waals surface area contributed by atoms with Crippen molar-refractivity contribution in [2.45, 2.75) is 51.5 Å². The number of anilines is 1. The van der Waals surface area contributed by atoms with E-state index >= 15 is 0 Å². The van der Waals surface area contributed by atoms with E-state index in [2.05, 4.69) is 9.88 Å². The minimum atomic E-state index is -4.30. The molecule has 0 saturated heterocycles. The average Bonchev–Trinajstić information content (AvgIpc) is 3.30. The Morgan fingerprint density at radius 3 is 2.33 bits per heavy atom. The van der Waals surface area contributed by atoms with Crippen LogP contribution in [-0.2, 0) is 24.4 Å². The highest BCUT2D eigenvalue weighted by atomic mass is 35.5. The number of halogens is 1. The van der Waals surface area contributed by atoms with Gasteiger partial charge < -0.3 is 15.0 Å². The molecule has 9 nitrogen and oxygen atoms in total. The summed E-state index contributed by atoms with van der Waals surface area (Å²) in [6, 6.07) is 0. The number of thioether (sulfide) groups is 1. The van der Waals surface area contributed by atoms with Crippen molar-refractivity contribution in [2.75, 3.05) is 4.72 Å². The van der Waals surface area contributed by atoms with Crippen molar-refractivity contribution < 1.29 is 27.3 Å². The molecule has 0 fully saturated rings. The summed E-state index contributed by atoms with van der Waals surface area (Å²) >= 11 is 7.07. The van der Waals surface area contributed by atoms with Gasteiger partial charge in [-0.15, -0.1) is 11.8 Å². The number of carbonyl (C=O) groups excluding carboxylic acids is 2. The van der Waals surface area contributed by atoms with Gasteiger partial charge in [-0.3, -0.25) is 9.59 Å². The maximum atomic E-state index is 13.5. The van der Waals surface area contributed by atoms with Gasteiger partial charge in [0.1, 0.15) is 26.5 Å². The number of primary amides is 1. The van der Waals surface area contributed by atoms with E-state index in [4.69, 9.17) is 26.6 Å². The molecule has 33 heavy (non-hydrogen) atoms. The second-order valence-electron chi connectivity index (χ2n) is 7.82. The molecule has 1 aromatic heterocycles. The van der Waals surface area contributed by atoms with E-state index in [-0.39, 0.29) is 16.7 Å². The first-order valence-electron chi connectivity index (χ1n) is 9.82. The van der Waals surface area contributed by atoms with Gasteiger partial charge in [0.05, 0.1) is 0 Å². The Hall–Kier alpha value is -2.50. The van der Waals surface area contributed by atoms with Crippen LogP contribution in [0.5, 0.6) is 5.75 Å². The number of hydrogen-bond acceptors (Lipinski definition) is 8. The molecule has 3 rings (SSSR count). The zero-order valence-electron chi connectivity index (χ0n) is 18.9. The summed E-state index contributed by atoms with van der Waals surface area (Å²) in [6.07, 6.45) is 1.38. The van der Waals surface area contributed by atoms with Crippen molar-refractivity contribution in [1.29, 1.82) is 0 Å². The maximum Gasteiger partial charge on any atom is 0.308 e. The fourth-order valence-corrected chi connectivity index (χ4v) is 7.55. The van der Waals surface area contributed by atoms with E-state index in [9.17, 15) is 18.0 Å². The van der Waals surface area contributed by atoms with E-state index in [0.29, 0.717) is 27.9 Å². The van der Waals surface area contributed by atoms with Gasteiger partial charge in [0.2, 0.25) is 15.9 Å². The third-order valence-electron chi connectivity index (χ3n) is 5.81. The Morgan fingerprint density at radius 1 is 1.18 bits per heavy atom. The topological polar surface area (TPSA) is 142 Å². The standard InChI is InChI=1S/C21H24ClN3O6S2/c1-9-10(2)16(12(4)18(11(9)3)30-14(6)26)21(20(23)27)15(7-8-32-21)33(28,29)25-19-17(22)13(5)24-31-19/h7-8,15,25H,1-6H3,(H2,23,27). The van der Waals surface area contributed by atoms with Crippen LogP contribution in [0, 0.1) is 34.6 Å². The molecule has 1 aromatic carbocycles. The smallest absolute Gasteiger partial charge is 0.308 e. The van der Waals surface area contributed by atoms with E-state index in [1.807, 2.05) is 0 Å². The van der Waals surface area contributed by atoms with Crippen molar-refractivity contribution in [1.82, 2.24) is 5.16 Å². The Labute approximate surface area is 201 Å². The number of hydrogen-bond donors (Lipinski definition) is 2. The van der Waals surface area contributed by atoms with E-state index in [0.717, 1.165) is 17.3 Å². The Morgan fingerprint density at radius 2 is 1.82 bits per heavy atom. The number of nitrogens with zero attached hydrogens (tertiary/aromatic N) is 1. The highest BCUT2D eigenvalue weighted by Gasteiger charge is 2.56. The van der Waals surface area contributed by atoms with Gasteiger partial charge in [0, 0.05) is 6.92 Å². The highest BCUT2D eigenvalue weighted by molar-refractivity contribution is 8.05. The van der Waals surface area contributed by atoms with Crippen molar-refractivity contribution in [3.8, 4) is 5.75 Å². The first-order valence-corrected chi connectivity index (χ1v) is 12.6. The predicted molar refractivity (Wildman–Crippen MR) is 127 cm³/mol. The number of aryl methyl sites for hydroxylation is 1. The molecule has 0 bridgehead atoms. The lowest BCUT2D eigenvalue weighted by molar-refractivity contribution is -0.132. The van der Waals surface area contributed by atoms with Crippen LogP contribution in [0.3, 0.4) is 0 Å². The summed E-state index contributed by atoms with van der Waals surface area (Å²) in [5.41, 5.74) is 9.16. The van der Waals surface area contributed by atoms with Gasteiger partial charge in [0.25, 0.3) is 5.88 Å². The molecule has 2 aromatic rings. The molecule has 3 N–H and O–H groups in total. The monoisotopic (exact) mass is 513 g/mol. The first kappa shape index (κ1) is 25.1. The van der Waals surface area contributed by atoms with Gasteiger partial charge in [-0.2, -0.15) is 0 Å². The summed E-state index contributed by atoms with van der Waals surface area (Å²) in [7, 11) is -4.30. The summed E-state index contributed by atoms with van der Waals surface area (Å²) in [5, 5.41) is 3.75. The molecule has 12 heteroatoms. The van der Waals surface area contributed by atoms with Crippen LogP contribution < -0.4 is 15.2 Å². The SMILES string of the molecule is CC(=O)Oc1c(C)c(C)c(C)c(C2(C(N)=O)SC=CC2S(=O)(=O)Nc2onc(C)c2Cl)c1C. The largest absolute Gasteiger partial charge is 0.426 e. The molecule has 2 atom stereocenters. The third kappa shape index (κ3) is 4.02. The number of nitrogens with two attached hydrogens (primary N) is 1. The number of amides is 1. The summed E-state index contributed by atoms with van der Waals surface area (Å²) in [5.74, 6) is -1.39. The van der Waals surface area contributed by atoms with E-state index in [1.54, 1.807) is 34.6 Å². The molecule has 1 aliphatic heterocycles. The predicted octanol–water partition coefficient (Wildman–Crippen LogP) is 3.55. The summed E-state index contributed by atoms with van der Waals surface area (Å²) < 4.78 is 37.9. The lowest BCUT2D eigenvalue weighted by atomic mass is 9.82. The molecule has 178 valence electrons. The summed E-state index contributed by atoms with van der Waals surface area (Å²) in [6.45, 7) is 9.87. The van der Waals surface area contributed by atoms with Gasteiger partial charge >= 0.3 is 5.97 Å². The number of esters is 1. The minimum Gasteiger partial charge on any atom is -0.426 e. The number of ether oxygens (including phenoxy) is 1. The van der Waals surface area contributed by atoms with Crippen LogP contribution in [0.2, 0.25) is 5.02 Å². The van der Waals surface area contributed by atoms with Crippen molar-refractivity contribution >= 4 is 51.1 Å². The number of carbonyl (C=O) groups is 2. The second kappa shape index (κ2) is 8.69. The van der Waals surface area contributed by atoms with Crippen molar-refractivity contribution in [3.05, 3.63) is 50.0 Å². The van der Waals surface area contributed by atoms with Crippen molar-refractivity contribution in [3.63, 3.8) is 0 Å². The number of rotatable bonds is 6. The molecule has 0 saturated carbocycles. The molecular formula is C21H24ClN3O6S2. The highest BCUT2D eigenvalue weighted by Crippen LogP contribution is 2.53. The van der Waals surface area contributed by atoms with E-state index < -0.39 is 31.9 Å². The molecule has 1 amide bonds. The number of aromatic nitrogens is 1. The van der Waals surface area contributed by atoms with Crippen LogP contribution in [0.15, 0.2) is 16.0 Å². The van der Waals surface area contributed by atoms with E-state index in [1.165, 1.54) is 18.4 Å². The average molecular weight is 514 g/mol. The first-order chi connectivity index (χ1) is 15.3. The van der Waals surface area contributed by atoms with Crippen LogP contribution in [0.1, 0.15) is 40.4 Å². The second-order valence-corrected chi connectivity index (χ2v) is 11.2. The number of sulfonamides is 1. The van der Waals surface area contributed by atoms with Gasteiger partial charge in [-0.25, -0.2) is 13.1 Å². The fourth-order valence-electron chi connectivity index (χ4n) is 4.05. The van der Waals surface area contributed by atoms with Crippen LogP contribution >= 0.6 is 23.4 Å². The van der Waals surface area contributed by atoms with Gasteiger partial charge in [-0.05, 0) is 67.8 Å². The molecular weight excluding hydrogens is 490 g/mol. The molecule has 0 aliphatic carbocycles. The van der Waals surface area contributed by atoms with Crippen LogP contribution in [0.4, 0.5) is 5.88 Å². The summed E-state index contributed by atoms with van der Waals surface area (Å²) in [4.78, 5) is 24.8. The van der Waals surface area contributed by atoms with Crippen LogP contribution in [-0.4, -0.2) is 30.7 Å². The molecule has 2 heterocycles. The minimum absolute atomic E-state index is 0.00793. The lowest BCUT2D eigenvalue weighted by Gasteiger charge is -2.35.